The Morgan fingerprint density at radius 3 is 2.06 bits per heavy atom. The van der Waals surface area contributed by atoms with E-state index < -0.39 is 0 Å². The Labute approximate surface area is 101 Å². The third-order valence-electron chi connectivity index (χ3n) is 3.40. The lowest BCUT2D eigenvalue weighted by Gasteiger charge is -2.27. The van der Waals surface area contributed by atoms with Gasteiger partial charge in [-0.2, -0.15) is 0 Å². The van der Waals surface area contributed by atoms with E-state index in [-0.39, 0.29) is 0 Å². The molecule has 0 amide bonds. The first-order valence-electron chi connectivity index (χ1n) is 6.88. The van der Waals surface area contributed by atoms with Crippen LogP contribution < -0.4 is 5.32 Å². The summed E-state index contributed by atoms with van der Waals surface area (Å²) in [7, 11) is 0. The molecule has 1 saturated heterocycles. The molecule has 0 radical (unpaired) electrons. The first-order chi connectivity index (χ1) is 7.77. The molecular weight excluding hydrogens is 196 g/mol. The number of hydrogen-bond donors (Lipinski definition) is 1. The molecule has 1 aliphatic heterocycles. The Morgan fingerprint density at radius 1 is 1.12 bits per heavy atom. The fraction of sp³-hybridized carbons (Fsp3) is 0.857. The Hall–Kier alpha value is -0.340. The van der Waals surface area contributed by atoms with E-state index in [4.69, 9.17) is 0 Å². The summed E-state index contributed by atoms with van der Waals surface area (Å²) in [5.74, 6) is 0. The van der Waals surface area contributed by atoms with Crippen LogP contribution in [0.1, 0.15) is 46.5 Å². The van der Waals surface area contributed by atoms with Crippen LogP contribution in [0.15, 0.2) is 11.1 Å². The molecule has 2 heteroatoms. The van der Waals surface area contributed by atoms with Gasteiger partial charge in [0.05, 0.1) is 0 Å². The second kappa shape index (κ2) is 7.86. The average Bonchev–Trinajstić information content (AvgIpc) is 2.19. The van der Waals surface area contributed by atoms with Crippen molar-refractivity contribution in [1.82, 2.24) is 10.2 Å². The summed E-state index contributed by atoms with van der Waals surface area (Å²) in [4.78, 5) is 2.63. The molecule has 0 aliphatic carbocycles. The van der Waals surface area contributed by atoms with Crippen molar-refractivity contribution in [2.45, 2.75) is 46.5 Å². The van der Waals surface area contributed by atoms with Gasteiger partial charge in [0.2, 0.25) is 0 Å². The zero-order valence-electron chi connectivity index (χ0n) is 11.3. The predicted molar refractivity (Wildman–Crippen MR) is 71.8 cm³/mol. The minimum Gasteiger partial charge on any atom is -0.309 e. The lowest BCUT2D eigenvalue weighted by molar-refractivity contribution is 0.285. The summed E-state index contributed by atoms with van der Waals surface area (Å²) in [6.07, 6.45) is 5.29. The standard InChI is InChI=1S/C14H28N2/c1-4-6-8-16(9-7-5-2)12-13(3)14-10-15-11-14/h15H,4-12H2,1-3H3. The van der Waals surface area contributed by atoms with Crippen molar-refractivity contribution in [2.24, 2.45) is 0 Å². The molecular formula is C14H28N2. The summed E-state index contributed by atoms with van der Waals surface area (Å²) in [5.41, 5.74) is 3.24. The van der Waals surface area contributed by atoms with Gasteiger partial charge in [0.1, 0.15) is 0 Å². The van der Waals surface area contributed by atoms with Crippen molar-refractivity contribution in [3.05, 3.63) is 11.1 Å². The Morgan fingerprint density at radius 2 is 1.69 bits per heavy atom. The third kappa shape index (κ3) is 4.67. The van der Waals surface area contributed by atoms with E-state index in [1.165, 1.54) is 45.3 Å². The van der Waals surface area contributed by atoms with Crippen LogP contribution in [0.25, 0.3) is 0 Å². The number of nitrogens with zero attached hydrogens (tertiary/aromatic N) is 1. The summed E-state index contributed by atoms with van der Waals surface area (Å²) < 4.78 is 0. The van der Waals surface area contributed by atoms with Gasteiger partial charge in [0.15, 0.2) is 0 Å². The first kappa shape index (κ1) is 13.7. The normalized spacial score (nSPS) is 15.4. The molecule has 16 heavy (non-hydrogen) atoms. The second-order valence-corrected chi connectivity index (χ2v) is 4.97. The zero-order valence-corrected chi connectivity index (χ0v) is 11.3. The van der Waals surface area contributed by atoms with Gasteiger partial charge in [0.25, 0.3) is 0 Å². The molecule has 1 N–H and O–H groups in total. The molecule has 1 fully saturated rings. The largest absolute Gasteiger partial charge is 0.309 e. The van der Waals surface area contributed by atoms with Gasteiger partial charge in [-0.3, -0.25) is 4.90 Å². The fourth-order valence-electron chi connectivity index (χ4n) is 2.03. The zero-order chi connectivity index (χ0) is 11.8. The lowest BCUT2D eigenvalue weighted by Crippen LogP contribution is -2.37. The molecule has 2 nitrogen and oxygen atoms in total. The fourth-order valence-corrected chi connectivity index (χ4v) is 2.03. The average molecular weight is 224 g/mol. The molecule has 1 aliphatic rings. The minimum atomic E-state index is 1.13. The maximum absolute atomic E-state index is 3.33. The monoisotopic (exact) mass is 224 g/mol. The van der Waals surface area contributed by atoms with E-state index in [1.54, 1.807) is 11.1 Å². The minimum absolute atomic E-state index is 1.13. The number of nitrogens with one attached hydrogen (secondary N) is 1. The molecule has 0 aromatic rings. The van der Waals surface area contributed by atoms with Crippen molar-refractivity contribution in [3.8, 4) is 0 Å². The van der Waals surface area contributed by atoms with Crippen LogP contribution in [0, 0.1) is 0 Å². The maximum Gasteiger partial charge on any atom is 0.0193 e. The van der Waals surface area contributed by atoms with Crippen molar-refractivity contribution < 1.29 is 0 Å². The highest BCUT2D eigenvalue weighted by Crippen LogP contribution is 2.11. The maximum atomic E-state index is 3.33. The van der Waals surface area contributed by atoms with Crippen molar-refractivity contribution >= 4 is 0 Å². The van der Waals surface area contributed by atoms with E-state index >= 15 is 0 Å². The van der Waals surface area contributed by atoms with Crippen molar-refractivity contribution in [3.63, 3.8) is 0 Å². The first-order valence-corrected chi connectivity index (χ1v) is 6.88. The van der Waals surface area contributed by atoms with E-state index in [0.717, 1.165) is 13.1 Å². The van der Waals surface area contributed by atoms with E-state index in [0.29, 0.717) is 0 Å². The van der Waals surface area contributed by atoms with Crippen molar-refractivity contribution in [1.29, 1.82) is 0 Å². The summed E-state index contributed by atoms with van der Waals surface area (Å²) in [5, 5.41) is 3.33. The van der Waals surface area contributed by atoms with Gasteiger partial charge < -0.3 is 5.32 Å². The summed E-state index contributed by atoms with van der Waals surface area (Å²) in [6, 6.07) is 0. The third-order valence-corrected chi connectivity index (χ3v) is 3.40. The van der Waals surface area contributed by atoms with Crippen LogP contribution in [0.2, 0.25) is 0 Å². The van der Waals surface area contributed by atoms with Gasteiger partial charge in [0, 0.05) is 19.6 Å². The highest BCUT2D eigenvalue weighted by molar-refractivity contribution is 5.22. The molecule has 0 spiro atoms. The SMILES string of the molecule is CCCCN(CCCC)CC(C)=C1CNC1. The Kier molecular flexibility index (Phi) is 6.74. The molecule has 0 atom stereocenters. The molecule has 0 bridgehead atoms. The molecule has 0 aromatic carbocycles. The molecule has 0 unspecified atom stereocenters. The van der Waals surface area contributed by atoms with Gasteiger partial charge in [-0.1, -0.05) is 32.3 Å². The predicted octanol–water partition coefficient (Wildman–Crippen LogP) is 2.81. The summed E-state index contributed by atoms with van der Waals surface area (Å²) in [6.45, 7) is 12.8. The van der Waals surface area contributed by atoms with Gasteiger partial charge in [-0.15, -0.1) is 0 Å². The quantitative estimate of drug-likeness (QED) is 0.638. The number of hydrogen-bond acceptors (Lipinski definition) is 2. The molecule has 0 saturated carbocycles. The highest BCUT2D eigenvalue weighted by atomic mass is 15.1. The van der Waals surface area contributed by atoms with E-state index in [9.17, 15) is 0 Å². The van der Waals surface area contributed by atoms with Crippen LogP contribution in [0.5, 0.6) is 0 Å². The van der Waals surface area contributed by atoms with E-state index in [1.807, 2.05) is 0 Å². The molecule has 0 aromatic heterocycles. The van der Waals surface area contributed by atoms with Crippen molar-refractivity contribution in [2.75, 3.05) is 32.7 Å². The van der Waals surface area contributed by atoms with E-state index in [2.05, 4.69) is 31.0 Å². The smallest absolute Gasteiger partial charge is 0.0193 e. The Balaban J connectivity index is 2.35. The topological polar surface area (TPSA) is 15.3 Å². The molecule has 1 rings (SSSR count). The number of unbranched alkanes of at least 4 members (excludes halogenated alkanes) is 2. The van der Waals surface area contributed by atoms with Crippen LogP contribution in [0.3, 0.4) is 0 Å². The molecule has 94 valence electrons. The summed E-state index contributed by atoms with van der Waals surface area (Å²) >= 11 is 0. The van der Waals surface area contributed by atoms with Crippen LogP contribution >= 0.6 is 0 Å². The lowest BCUT2D eigenvalue weighted by atomic mass is 10.0. The Bertz CT molecular complexity index is 207. The highest BCUT2D eigenvalue weighted by Gasteiger charge is 2.13. The van der Waals surface area contributed by atoms with Crippen LogP contribution in [-0.4, -0.2) is 37.6 Å². The molecule has 1 heterocycles. The number of rotatable bonds is 8. The second-order valence-electron chi connectivity index (χ2n) is 4.97. The van der Waals surface area contributed by atoms with Crippen LogP contribution in [0.4, 0.5) is 0 Å². The van der Waals surface area contributed by atoms with Gasteiger partial charge in [-0.05, 0) is 38.4 Å². The van der Waals surface area contributed by atoms with Gasteiger partial charge >= 0.3 is 0 Å². The van der Waals surface area contributed by atoms with Crippen LogP contribution in [-0.2, 0) is 0 Å². The van der Waals surface area contributed by atoms with Gasteiger partial charge in [-0.25, -0.2) is 0 Å².